The number of carbonyl (C=O) groups excluding carboxylic acids is 1. The summed E-state index contributed by atoms with van der Waals surface area (Å²) < 4.78 is 30.6. The summed E-state index contributed by atoms with van der Waals surface area (Å²) in [6.07, 6.45) is 0. The molecule has 0 spiro atoms. The van der Waals surface area contributed by atoms with E-state index in [-0.39, 0.29) is 23.9 Å². The Kier molecular flexibility index (Phi) is 6.13. The van der Waals surface area contributed by atoms with Gasteiger partial charge in [-0.1, -0.05) is 53.2 Å². The molecule has 0 unspecified atom stereocenters. The van der Waals surface area contributed by atoms with Crippen molar-refractivity contribution in [3.05, 3.63) is 76.4 Å². The maximum absolute atomic E-state index is 12.3. The Morgan fingerprint density at radius 1 is 1.11 bits per heavy atom. The first-order valence-electron chi connectivity index (χ1n) is 8.36. The smallest absolute Gasteiger partial charge is 0.273 e. The number of hydrogen-bond acceptors (Lipinski definition) is 5. The Morgan fingerprint density at radius 3 is 2.50 bits per heavy atom. The van der Waals surface area contributed by atoms with Crippen LogP contribution in [0.2, 0.25) is 5.02 Å². The average Bonchev–Trinajstić information content (AvgIpc) is 3.17. The molecule has 9 heteroatoms. The van der Waals surface area contributed by atoms with Crippen LogP contribution in [-0.4, -0.2) is 26.5 Å². The van der Waals surface area contributed by atoms with Gasteiger partial charge in [0.2, 0.25) is 10.0 Å². The summed E-state index contributed by atoms with van der Waals surface area (Å²) in [5.41, 5.74) is 2.38. The first-order valence-corrected chi connectivity index (χ1v) is 10.4. The highest BCUT2D eigenvalue weighted by atomic mass is 35.5. The van der Waals surface area contributed by atoms with Crippen LogP contribution in [0.3, 0.4) is 0 Å². The van der Waals surface area contributed by atoms with Crippen molar-refractivity contribution < 1.29 is 17.7 Å². The van der Waals surface area contributed by atoms with Crippen LogP contribution in [0.5, 0.6) is 0 Å². The predicted octanol–water partition coefficient (Wildman–Crippen LogP) is 2.97. The van der Waals surface area contributed by atoms with Gasteiger partial charge in [-0.3, -0.25) is 4.79 Å². The van der Waals surface area contributed by atoms with Gasteiger partial charge in [0.15, 0.2) is 11.5 Å². The summed E-state index contributed by atoms with van der Waals surface area (Å²) in [6, 6.07) is 15.6. The molecule has 0 aliphatic heterocycles. The molecule has 2 aromatic carbocycles. The Hall–Kier alpha value is -2.68. The number of halogens is 1. The van der Waals surface area contributed by atoms with Crippen molar-refractivity contribution in [2.24, 2.45) is 0 Å². The number of amides is 1. The van der Waals surface area contributed by atoms with E-state index in [9.17, 15) is 13.2 Å². The van der Waals surface area contributed by atoms with Gasteiger partial charge in [0.25, 0.3) is 5.91 Å². The van der Waals surface area contributed by atoms with Crippen LogP contribution in [0, 0.1) is 0 Å². The topological polar surface area (TPSA) is 101 Å². The highest BCUT2D eigenvalue weighted by Crippen LogP contribution is 2.23. The molecule has 0 aliphatic rings. The maximum Gasteiger partial charge on any atom is 0.273 e. The molecule has 0 atom stereocenters. The number of carbonyl (C=O) groups is 1. The van der Waals surface area contributed by atoms with E-state index in [1.165, 1.54) is 7.05 Å². The van der Waals surface area contributed by atoms with Gasteiger partial charge in [0, 0.05) is 23.2 Å². The van der Waals surface area contributed by atoms with E-state index in [1.807, 2.05) is 6.07 Å². The summed E-state index contributed by atoms with van der Waals surface area (Å²) in [4.78, 5) is 12.3. The number of benzene rings is 2. The highest BCUT2D eigenvalue weighted by molar-refractivity contribution is 7.88. The van der Waals surface area contributed by atoms with Gasteiger partial charge in [-0.05, 0) is 30.3 Å². The summed E-state index contributed by atoms with van der Waals surface area (Å²) in [7, 11) is -1.94. The van der Waals surface area contributed by atoms with Crippen molar-refractivity contribution in [2.45, 2.75) is 12.3 Å². The van der Waals surface area contributed by atoms with Crippen LogP contribution in [0.4, 0.5) is 0 Å². The van der Waals surface area contributed by atoms with Gasteiger partial charge >= 0.3 is 0 Å². The van der Waals surface area contributed by atoms with Gasteiger partial charge < -0.3 is 9.84 Å². The van der Waals surface area contributed by atoms with E-state index in [0.717, 1.165) is 11.1 Å². The molecule has 1 heterocycles. The molecule has 1 aromatic heterocycles. The van der Waals surface area contributed by atoms with Gasteiger partial charge in [-0.15, -0.1) is 0 Å². The molecular formula is C19H18ClN3O4S. The lowest BCUT2D eigenvalue weighted by molar-refractivity contribution is 0.0942. The van der Waals surface area contributed by atoms with Gasteiger partial charge in [0.1, 0.15) is 0 Å². The van der Waals surface area contributed by atoms with Gasteiger partial charge in [-0.25, -0.2) is 13.1 Å². The summed E-state index contributed by atoms with van der Waals surface area (Å²) in [5, 5.41) is 7.11. The molecular weight excluding hydrogens is 402 g/mol. The molecule has 2 N–H and O–H groups in total. The first-order chi connectivity index (χ1) is 13.4. The van der Waals surface area contributed by atoms with E-state index in [0.29, 0.717) is 16.3 Å². The second kappa shape index (κ2) is 8.55. The minimum absolute atomic E-state index is 0.0959. The highest BCUT2D eigenvalue weighted by Gasteiger charge is 2.14. The molecule has 0 radical (unpaired) electrons. The fraction of sp³-hybridized carbons (Fsp3) is 0.158. The number of nitrogens with zero attached hydrogens (tertiary/aromatic N) is 1. The summed E-state index contributed by atoms with van der Waals surface area (Å²) in [6.45, 7) is 0.275. The van der Waals surface area contributed by atoms with E-state index in [4.69, 9.17) is 16.1 Å². The number of rotatable bonds is 7. The van der Waals surface area contributed by atoms with Crippen molar-refractivity contribution in [2.75, 3.05) is 7.05 Å². The first kappa shape index (κ1) is 20.1. The van der Waals surface area contributed by atoms with Crippen LogP contribution >= 0.6 is 11.6 Å². The van der Waals surface area contributed by atoms with Crippen molar-refractivity contribution in [3.63, 3.8) is 0 Å². The fourth-order valence-corrected chi connectivity index (χ4v) is 3.44. The largest absolute Gasteiger partial charge is 0.355 e. The molecule has 0 aliphatic carbocycles. The molecule has 28 heavy (non-hydrogen) atoms. The van der Waals surface area contributed by atoms with E-state index in [1.54, 1.807) is 48.5 Å². The number of aromatic nitrogens is 1. The Morgan fingerprint density at radius 2 is 1.82 bits per heavy atom. The second-order valence-corrected chi connectivity index (χ2v) is 8.41. The SMILES string of the molecule is CNS(=O)(=O)Cc1ccc(CNC(=O)c2cc(-c3cccc(Cl)c3)on2)cc1. The Bertz CT molecular complexity index is 1080. The van der Waals surface area contributed by atoms with Crippen LogP contribution in [-0.2, 0) is 22.3 Å². The minimum Gasteiger partial charge on any atom is -0.355 e. The van der Waals surface area contributed by atoms with Crippen LogP contribution in [0.15, 0.2) is 59.1 Å². The lowest BCUT2D eigenvalue weighted by Gasteiger charge is -2.06. The third-order valence-corrected chi connectivity index (χ3v) is 5.57. The Balaban J connectivity index is 1.60. The van der Waals surface area contributed by atoms with Crippen molar-refractivity contribution in [3.8, 4) is 11.3 Å². The van der Waals surface area contributed by atoms with Crippen molar-refractivity contribution in [1.82, 2.24) is 15.2 Å². The summed E-state index contributed by atoms with van der Waals surface area (Å²) in [5.74, 6) is -0.0249. The van der Waals surface area contributed by atoms with Crippen molar-refractivity contribution >= 4 is 27.5 Å². The maximum atomic E-state index is 12.3. The zero-order chi connectivity index (χ0) is 20.1. The van der Waals surface area contributed by atoms with Crippen molar-refractivity contribution in [1.29, 1.82) is 0 Å². The number of hydrogen-bond donors (Lipinski definition) is 2. The minimum atomic E-state index is -3.32. The van der Waals surface area contributed by atoms with Crippen LogP contribution in [0.25, 0.3) is 11.3 Å². The standard InChI is InChI=1S/C19H18ClN3O4S/c1-21-28(25,26)12-14-7-5-13(6-8-14)11-22-19(24)17-10-18(27-23-17)15-3-2-4-16(20)9-15/h2-10,21H,11-12H2,1H3,(H,22,24). The third kappa shape index (κ3) is 5.19. The molecule has 7 nitrogen and oxygen atoms in total. The monoisotopic (exact) mass is 419 g/mol. The fourth-order valence-electron chi connectivity index (χ4n) is 2.48. The zero-order valence-corrected chi connectivity index (χ0v) is 16.5. The second-order valence-electron chi connectivity index (χ2n) is 6.05. The Labute approximate surface area is 167 Å². The van der Waals surface area contributed by atoms with E-state index < -0.39 is 10.0 Å². The van der Waals surface area contributed by atoms with E-state index in [2.05, 4.69) is 15.2 Å². The molecule has 0 bridgehead atoms. The van der Waals surface area contributed by atoms with Crippen LogP contribution < -0.4 is 10.0 Å². The molecule has 0 fully saturated rings. The zero-order valence-electron chi connectivity index (χ0n) is 15.0. The molecule has 3 rings (SSSR count). The molecule has 0 saturated carbocycles. The molecule has 146 valence electrons. The normalized spacial score (nSPS) is 11.4. The van der Waals surface area contributed by atoms with Gasteiger partial charge in [-0.2, -0.15) is 0 Å². The number of sulfonamides is 1. The van der Waals surface area contributed by atoms with Crippen LogP contribution in [0.1, 0.15) is 21.6 Å². The van der Waals surface area contributed by atoms with Gasteiger partial charge in [0.05, 0.1) is 5.75 Å². The molecule has 3 aromatic rings. The summed E-state index contributed by atoms with van der Waals surface area (Å²) >= 11 is 5.96. The number of nitrogens with one attached hydrogen (secondary N) is 2. The quantitative estimate of drug-likeness (QED) is 0.613. The average molecular weight is 420 g/mol. The third-order valence-electron chi connectivity index (χ3n) is 4.00. The molecule has 0 saturated heterocycles. The molecule has 1 amide bonds. The van der Waals surface area contributed by atoms with E-state index >= 15 is 0 Å². The predicted molar refractivity (Wildman–Crippen MR) is 106 cm³/mol. The lowest BCUT2D eigenvalue weighted by Crippen LogP contribution is -2.23. The lowest BCUT2D eigenvalue weighted by atomic mass is 10.1.